The Morgan fingerprint density at radius 2 is 2.05 bits per heavy atom. The monoisotopic (exact) mass is 299 g/mol. The van der Waals surface area contributed by atoms with E-state index in [4.69, 9.17) is 5.73 Å². The van der Waals surface area contributed by atoms with E-state index in [0.29, 0.717) is 0 Å². The highest BCUT2D eigenvalue weighted by atomic mass is 16.1. The molecule has 116 valence electrons. The number of anilines is 2. The number of nitrogens with zero attached hydrogens (tertiary/aromatic N) is 3. The lowest BCUT2D eigenvalue weighted by Gasteiger charge is -2.30. The maximum Gasteiger partial charge on any atom is 0.227 e. The van der Waals surface area contributed by atoms with E-state index < -0.39 is 0 Å². The number of aromatic nitrogens is 2. The molecule has 3 rings (SSSR count). The summed E-state index contributed by atoms with van der Waals surface area (Å²) in [5.74, 6) is 1.36. The van der Waals surface area contributed by atoms with Crippen molar-refractivity contribution in [1.82, 2.24) is 9.97 Å². The summed E-state index contributed by atoms with van der Waals surface area (Å²) in [5, 5.41) is 4.33. The van der Waals surface area contributed by atoms with Crippen LogP contribution in [0.1, 0.15) is 19.8 Å². The smallest absolute Gasteiger partial charge is 0.227 e. The fourth-order valence-electron chi connectivity index (χ4n) is 2.87. The van der Waals surface area contributed by atoms with Gasteiger partial charge in [-0.2, -0.15) is 4.98 Å². The Kier molecular flexibility index (Phi) is 4.09. The zero-order chi connectivity index (χ0) is 15.5. The first kappa shape index (κ1) is 14.6. The standard InChI is InChI=1S/C16H21N5O/c1-2-18-15-12-5-3-4-6-13(12)19-16(20-15)21-9-7-11(8-10-21)14(17)22/h3-6,11H,2,7-10H2,1H3,(H2,17,22)(H,18,19,20). The number of carbonyl (C=O) groups is 1. The minimum atomic E-state index is -0.201. The van der Waals surface area contributed by atoms with Crippen molar-refractivity contribution in [2.24, 2.45) is 11.7 Å². The highest BCUT2D eigenvalue weighted by Gasteiger charge is 2.25. The first-order valence-corrected chi connectivity index (χ1v) is 7.74. The van der Waals surface area contributed by atoms with Crippen LogP contribution < -0.4 is 16.0 Å². The van der Waals surface area contributed by atoms with Crippen molar-refractivity contribution >= 4 is 28.6 Å². The van der Waals surface area contributed by atoms with Gasteiger partial charge in [0.2, 0.25) is 11.9 Å². The first-order chi connectivity index (χ1) is 10.7. The number of hydrogen-bond donors (Lipinski definition) is 2. The average Bonchev–Trinajstić information content (AvgIpc) is 2.55. The number of nitrogens with one attached hydrogen (secondary N) is 1. The first-order valence-electron chi connectivity index (χ1n) is 7.74. The Morgan fingerprint density at radius 3 is 2.73 bits per heavy atom. The molecule has 0 aliphatic carbocycles. The highest BCUT2D eigenvalue weighted by molar-refractivity contribution is 5.90. The van der Waals surface area contributed by atoms with E-state index in [1.807, 2.05) is 24.3 Å². The number of piperidine rings is 1. The molecule has 0 atom stereocenters. The summed E-state index contributed by atoms with van der Waals surface area (Å²) in [6.07, 6.45) is 1.53. The summed E-state index contributed by atoms with van der Waals surface area (Å²) in [6.45, 7) is 4.38. The molecule has 2 aromatic rings. The lowest BCUT2D eigenvalue weighted by molar-refractivity contribution is -0.122. The van der Waals surface area contributed by atoms with Crippen molar-refractivity contribution in [1.29, 1.82) is 0 Å². The van der Waals surface area contributed by atoms with E-state index in [1.54, 1.807) is 0 Å². The predicted molar refractivity (Wildman–Crippen MR) is 87.8 cm³/mol. The number of primary amides is 1. The third-order valence-electron chi connectivity index (χ3n) is 4.12. The normalized spacial score (nSPS) is 16.0. The minimum Gasteiger partial charge on any atom is -0.370 e. The third-order valence-corrected chi connectivity index (χ3v) is 4.12. The molecule has 0 spiro atoms. The van der Waals surface area contributed by atoms with Gasteiger partial charge in [0, 0.05) is 30.9 Å². The molecule has 2 heterocycles. The van der Waals surface area contributed by atoms with Crippen molar-refractivity contribution < 1.29 is 4.79 Å². The predicted octanol–water partition coefficient (Wildman–Crippen LogP) is 1.76. The fourth-order valence-corrected chi connectivity index (χ4v) is 2.87. The molecule has 1 aliphatic heterocycles. The average molecular weight is 299 g/mol. The SMILES string of the molecule is CCNc1nc(N2CCC(C(N)=O)CC2)nc2ccccc12. The molecular formula is C16H21N5O. The van der Waals surface area contributed by atoms with Gasteiger partial charge >= 0.3 is 0 Å². The minimum absolute atomic E-state index is 0.0232. The Morgan fingerprint density at radius 1 is 1.32 bits per heavy atom. The van der Waals surface area contributed by atoms with Gasteiger partial charge in [-0.25, -0.2) is 4.98 Å². The Balaban J connectivity index is 1.89. The summed E-state index contributed by atoms with van der Waals surface area (Å²) < 4.78 is 0. The molecule has 22 heavy (non-hydrogen) atoms. The topological polar surface area (TPSA) is 84.1 Å². The number of nitrogens with two attached hydrogens (primary N) is 1. The van der Waals surface area contributed by atoms with Crippen LogP contribution in [0.4, 0.5) is 11.8 Å². The maximum absolute atomic E-state index is 11.3. The molecule has 6 nitrogen and oxygen atoms in total. The number of amides is 1. The molecule has 1 aromatic carbocycles. The second kappa shape index (κ2) is 6.17. The number of fused-ring (bicyclic) bond motifs is 1. The van der Waals surface area contributed by atoms with Gasteiger partial charge in [-0.1, -0.05) is 12.1 Å². The lowest BCUT2D eigenvalue weighted by Crippen LogP contribution is -2.39. The number of benzene rings is 1. The van der Waals surface area contributed by atoms with Gasteiger partial charge in [0.25, 0.3) is 0 Å². The number of carbonyl (C=O) groups excluding carboxylic acids is 1. The summed E-state index contributed by atoms with van der Waals surface area (Å²) in [5.41, 5.74) is 6.32. The van der Waals surface area contributed by atoms with Gasteiger partial charge in [0.15, 0.2) is 0 Å². The van der Waals surface area contributed by atoms with Crippen molar-refractivity contribution in [3.8, 4) is 0 Å². The largest absolute Gasteiger partial charge is 0.370 e. The summed E-state index contributed by atoms with van der Waals surface area (Å²) >= 11 is 0. The van der Waals surface area contributed by atoms with Gasteiger partial charge < -0.3 is 16.0 Å². The van der Waals surface area contributed by atoms with Crippen LogP contribution in [0.5, 0.6) is 0 Å². The maximum atomic E-state index is 11.3. The summed E-state index contributed by atoms with van der Waals surface area (Å²) in [4.78, 5) is 22.7. The van der Waals surface area contributed by atoms with E-state index in [9.17, 15) is 4.79 Å². The third kappa shape index (κ3) is 2.81. The molecule has 1 aromatic heterocycles. The van der Waals surface area contributed by atoms with Gasteiger partial charge in [0.1, 0.15) is 5.82 Å². The number of para-hydroxylation sites is 1. The zero-order valence-corrected chi connectivity index (χ0v) is 12.7. The summed E-state index contributed by atoms with van der Waals surface area (Å²) in [6, 6.07) is 7.99. The van der Waals surface area contributed by atoms with Crippen LogP contribution in [0.3, 0.4) is 0 Å². The molecule has 3 N–H and O–H groups in total. The molecule has 1 saturated heterocycles. The van der Waals surface area contributed by atoms with Gasteiger partial charge in [-0.15, -0.1) is 0 Å². The molecule has 0 radical (unpaired) electrons. The van der Waals surface area contributed by atoms with E-state index in [1.165, 1.54) is 0 Å². The number of rotatable bonds is 4. The van der Waals surface area contributed by atoms with Crippen LogP contribution in [0.2, 0.25) is 0 Å². The second-order valence-corrected chi connectivity index (χ2v) is 5.58. The van der Waals surface area contributed by atoms with Gasteiger partial charge in [-0.05, 0) is 31.9 Å². The van der Waals surface area contributed by atoms with E-state index in [0.717, 1.165) is 55.1 Å². The van der Waals surface area contributed by atoms with Crippen LogP contribution in [0.25, 0.3) is 10.9 Å². The molecule has 1 fully saturated rings. The zero-order valence-electron chi connectivity index (χ0n) is 12.7. The molecule has 0 bridgehead atoms. The van der Waals surface area contributed by atoms with E-state index >= 15 is 0 Å². The van der Waals surface area contributed by atoms with Crippen molar-refractivity contribution in [3.05, 3.63) is 24.3 Å². The van der Waals surface area contributed by atoms with Crippen LogP contribution >= 0.6 is 0 Å². The van der Waals surface area contributed by atoms with Crippen LogP contribution in [0, 0.1) is 5.92 Å². The van der Waals surface area contributed by atoms with Crippen molar-refractivity contribution in [3.63, 3.8) is 0 Å². The van der Waals surface area contributed by atoms with Crippen molar-refractivity contribution in [2.45, 2.75) is 19.8 Å². The van der Waals surface area contributed by atoms with E-state index in [2.05, 4.69) is 27.1 Å². The summed E-state index contributed by atoms with van der Waals surface area (Å²) in [7, 11) is 0. The van der Waals surface area contributed by atoms with E-state index in [-0.39, 0.29) is 11.8 Å². The van der Waals surface area contributed by atoms with Crippen LogP contribution in [-0.4, -0.2) is 35.5 Å². The van der Waals surface area contributed by atoms with Gasteiger partial charge in [-0.3, -0.25) is 4.79 Å². The highest BCUT2D eigenvalue weighted by Crippen LogP contribution is 2.26. The van der Waals surface area contributed by atoms with Crippen molar-refractivity contribution in [2.75, 3.05) is 29.9 Å². The van der Waals surface area contributed by atoms with Gasteiger partial charge in [0.05, 0.1) is 5.52 Å². The Labute approximate surface area is 129 Å². The fraction of sp³-hybridized carbons (Fsp3) is 0.438. The Bertz CT molecular complexity index is 679. The number of hydrogen-bond acceptors (Lipinski definition) is 5. The molecule has 0 unspecified atom stereocenters. The molecule has 0 saturated carbocycles. The quantitative estimate of drug-likeness (QED) is 0.898. The Hall–Kier alpha value is -2.37. The molecular weight excluding hydrogens is 278 g/mol. The lowest BCUT2D eigenvalue weighted by atomic mass is 9.96. The molecule has 1 amide bonds. The second-order valence-electron chi connectivity index (χ2n) is 5.58. The van der Waals surface area contributed by atoms with Crippen LogP contribution in [0.15, 0.2) is 24.3 Å². The van der Waals surface area contributed by atoms with Crippen LogP contribution in [-0.2, 0) is 4.79 Å². The molecule has 6 heteroatoms. The molecule has 1 aliphatic rings.